The molecule has 102 valence electrons. The van der Waals surface area contributed by atoms with Gasteiger partial charge in [-0.05, 0) is 26.1 Å². The molecule has 1 atom stereocenters. The normalized spacial score (nSPS) is 14.7. The van der Waals surface area contributed by atoms with Crippen LogP contribution in [0.5, 0.6) is 0 Å². The molecule has 0 bridgehead atoms. The van der Waals surface area contributed by atoms with Gasteiger partial charge in [-0.15, -0.1) is 0 Å². The summed E-state index contributed by atoms with van der Waals surface area (Å²) in [5.41, 5.74) is 5.77. The van der Waals surface area contributed by atoms with Crippen molar-refractivity contribution in [3.05, 3.63) is 27.1 Å². The van der Waals surface area contributed by atoms with Crippen molar-refractivity contribution in [3.8, 4) is 0 Å². The van der Waals surface area contributed by atoms with E-state index in [1.807, 2.05) is 6.07 Å². The van der Waals surface area contributed by atoms with Gasteiger partial charge in [0.2, 0.25) is 0 Å². The fourth-order valence-corrected chi connectivity index (χ4v) is 3.23. The zero-order chi connectivity index (χ0) is 13.8. The highest BCUT2D eigenvalue weighted by Crippen LogP contribution is 2.29. The monoisotopic (exact) mass is 271 g/mol. The van der Waals surface area contributed by atoms with Crippen molar-refractivity contribution in [1.29, 1.82) is 0 Å². The minimum absolute atomic E-state index is 0.137. The number of nitrogens with two attached hydrogens (primary N) is 1. The Bertz CT molecular complexity index is 404. The van der Waals surface area contributed by atoms with E-state index in [1.54, 1.807) is 6.07 Å². The van der Waals surface area contributed by atoms with E-state index in [2.05, 4.69) is 25.7 Å². The van der Waals surface area contributed by atoms with E-state index in [1.165, 1.54) is 11.3 Å². The molecular weight excluding hydrogens is 250 g/mol. The Morgan fingerprint density at radius 1 is 1.44 bits per heavy atom. The first kappa shape index (κ1) is 15.1. The molecule has 0 aliphatic carbocycles. The minimum atomic E-state index is -0.342. The minimum Gasteiger partial charge on any atom is -0.329 e. The topological polar surface area (TPSA) is 72.4 Å². The Balaban J connectivity index is 2.87. The van der Waals surface area contributed by atoms with Crippen molar-refractivity contribution in [3.63, 3.8) is 0 Å². The smallest absolute Gasteiger partial charge is 0.324 e. The van der Waals surface area contributed by atoms with Gasteiger partial charge in [0, 0.05) is 29.4 Å². The van der Waals surface area contributed by atoms with Gasteiger partial charge in [-0.25, -0.2) is 0 Å². The Hall–Kier alpha value is -0.980. The van der Waals surface area contributed by atoms with E-state index in [9.17, 15) is 10.1 Å². The SMILES string of the molecule is CCN(CC)C(C)(CN)Cc1ccc([N+](=O)[O-])s1. The number of nitrogens with zero attached hydrogens (tertiary/aromatic N) is 2. The lowest BCUT2D eigenvalue weighted by molar-refractivity contribution is -0.380. The Morgan fingerprint density at radius 2 is 2.06 bits per heavy atom. The molecule has 0 fully saturated rings. The third-order valence-electron chi connectivity index (χ3n) is 3.35. The molecule has 1 aromatic heterocycles. The van der Waals surface area contributed by atoms with Crippen LogP contribution in [0.25, 0.3) is 0 Å². The molecule has 0 amide bonds. The standard InChI is InChI=1S/C12H21N3O2S/c1-4-14(5-2)12(3,9-13)8-10-6-7-11(18-10)15(16)17/h6-7H,4-5,8-9,13H2,1-3H3. The summed E-state index contributed by atoms with van der Waals surface area (Å²) in [6, 6.07) is 3.40. The zero-order valence-corrected chi connectivity index (χ0v) is 12.0. The number of hydrogen-bond acceptors (Lipinski definition) is 5. The average Bonchev–Trinajstić information content (AvgIpc) is 2.79. The first-order valence-electron chi connectivity index (χ1n) is 6.15. The van der Waals surface area contributed by atoms with E-state index >= 15 is 0 Å². The largest absolute Gasteiger partial charge is 0.329 e. The average molecular weight is 271 g/mol. The second-order valence-electron chi connectivity index (χ2n) is 4.55. The van der Waals surface area contributed by atoms with Crippen LogP contribution >= 0.6 is 11.3 Å². The quantitative estimate of drug-likeness (QED) is 0.610. The number of thiophene rings is 1. The first-order valence-corrected chi connectivity index (χ1v) is 6.96. The summed E-state index contributed by atoms with van der Waals surface area (Å²) in [5, 5.41) is 10.9. The van der Waals surface area contributed by atoms with Crippen molar-refractivity contribution < 1.29 is 4.92 Å². The molecule has 6 heteroatoms. The van der Waals surface area contributed by atoms with Gasteiger partial charge in [-0.3, -0.25) is 15.0 Å². The van der Waals surface area contributed by atoms with Crippen LogP contribution in [0.4, 0.5) is 5.00 Å². The molecule has 1 aromatic rings. The maximum absolute atomic E-state index is 10.7. The van der Waals surface area contributed by atoms with E-state index in [4.69, 9.17) is 5.73 Å². The van der Waals surface area contributed by atoms with E-state index in [-0.39, 0.29) is 15.5 Å². The highest BCUT2D eigenvalue weighted by Gasteiger charge is 2.29. The predicted octanol–water partition coefficient (Wildman–Crippen LogP) is 2.26. The highest BCUT2D eigenvalue weighted by atomic mass is 32.1. The maximum atomic E-state index is 10.7. The van der Waals surface area contributed by atoms with Gasteiger partial charge in [-0.2, -0.15) is 0 Å². The lowest BCUT2D eigenvalue weighted by Gasteiger charge is -2.39. The van der Waals surface area contributed by atoms with Gasteiger partial charge < -0.3 is 5.73 Å². The molecule has 5 nitrogen and oxygen atoms in total. The molecule has 0 radical (unpaired) electrons. The van der Waals surface area contributed by atoms with E-state index < -0.39 is 0 Å². The van der Waals surface area contributed by atoms with Gasteiger partial charge in [-0.1, -0.05) is 25.2 Å². The molecule has 18 heavy (non-hydrogen) atoms. The van der Waals surface area contributed by atoms with E-state index in [0.29, 0.717) is 6.54 Å². The molecule has 0 aliphatic rings. The third kappa shape index (κ3) is 3.28. The summed E-state index contributed by atoms with van der Waals surface area (Å²) in [4.78, 5) is 13.7. The summed E-state index contributed by atoms with van der Waals surface area (Å²) in [7, 11) is 0. The molecule has 0 aliphatic heterocycles. The lowest BCUT2D eigenvalue weighted by Crippen LogP contribution is -2.52. The van der Waals surface area contributed by atoms with Crippen LogP contribution < -0.4 is 5.73 Å². The van der Waals surface area contributed by atoms with Gasteiger partial charge in [0.15, 0.2) is 0 Å². The lowest BCUT2D eigenvalue weighted by atomic mass is 9.94. The molecule has 0 saturated heterocycles. The molecule has 1 rings (SSSR count). The molecule has 1 unspecified atom stereocenters. The zero-order valence-electron chi connectivity index (χ0n) is 11.2. The van der Waals surface area contributed by atoms with Gasteiger partial charge in [0.25, 0.3) is 0 Å². The number of nitro groups is 1. The second kappa shape index (κ2) is 6.26. The fourth-order valence-electron chi connectivity index (χ4n) is 2.24. The Kier molecular flexibility index (Phi) is 5.25. The Labute approximate surface area is 112 Å². The number of rotatable bonds is 7. The van der Waals surface area contributed by atoms with Crippen molar-refractivity contribution in [1.82, 2.24) is 4.90 Å². The van der Waals surface area contributed by atoms with E-state index in [0.717, 1.165) is 24.4 Å². The van der Waals surface area contributed by atoms with Gasteiger partial charge in [0.05, 0.1) is 4.92 Å². The van der Waals surface area contributed by atoms with Crippen LogP contribution in [-0.2, 0) is 6.42 Å². The number of likely N-dealkylation sites (N-methyl/N-ethyl adjacent to an activating group) is 1. The molecular formula is C12H21N3O2S. The molecule has 2 N–H and O–H groups in total. The second-order valence-corrected chi connectivity index (χ2v) is 5.69. The highest BCUT2D eigenvalue weighted by molar-refractivity contribution is 7.15. The third-order valence-corrected chi connectivity index (χ3v) is 4.39. The van der Waals surface area contributed by atoms with Crippen molar-refractivity contribution in [2.45, 2.75) is 32.7 Å². The van der Waals surface area contributed by atoms with Crippen LogP contribution in [0.2, 0.25) is 0 Å². The molecule has 1 heterocycles. The van der Waals surface area contributed by atoms with Crippen molar-refractivity contribution >= 4 is 16.3 Å². The summed E-state index contributed by atoms with van der Waals surface area (Å²) in [5.74, 6) is 0. The first-order chi connectivity index (χ1) is 8.46. The van der Waals surface area contributed by atoms with Crippen molar-refractivity contribution in [2.75, 3.05) is 19.6 Å². The fraction of sp³-hybridized carbons (Fsp3) is 0.667. The van der Waals surface area contributed by atoms with Crippen LogP contribution in [0, 0.1) is 10.1 Å². The summed E-state index contributed by atoms with van der Waals surface area (Å²) in [6.07, 6.45) is 0.754. The molecule has 0 saturated carbocycles. The van der Waals surface area contributed by atoms with Crippen LogP contribution in [0.3, 0.4) is 0 Å². The van der Waals surface area contributed by atoms with Crippen LogP contribution in [-0.4, -0.2) is 35.0 Å². The number of hydrogen-bond donors (Lipinski definition) is 1. The summed E-state index contributed by atoms with van der Waals surface area (Å²) in [6.45, 7) is 8.73. The van der Waals surface area contributed by atoms with Gasteiger partial charge in [0.1, 0.15) is 0 Å². The van der Waals surface area contributed by atoms with Gasteiger partial charge >= 0.3 is 5.00 Å². The molecule has 0 spiro atoms. The van der Waals surface area contributed by atoms with Crippen LogP contribution in [0.15, 0.2) is 12.1 Å². The Morgan fingerprint density at radius 3 is 2.44 bits per heavy atom. The van der Waals surface area contributed by atoms with Crippen LogP contribution in [0.1, 0.15) is 25.6 Å². The molecule has 0 aromatic carbocycles. The maximum Gasteiger partial charge on any atom is 0.324 e. The van der Waals surface area contributed by atoms with Crippen molar-refractivity contribution in [2.24, 2.45) is 5.73 Å². The summed E-state index contributed by atoms with van der Waals surface area (Å²) < 4.78 is 0. The predicted molar refractivity (Wildman–Crippen MR) is 75.1 cm³/mol. The summed E-state index contributed by atoms with van der Waals surface area (Å²) >= 11 is 1.24.